The van der Waals surface area contributed by atoms with Gasteiger partial charge in [-0.15, -0.1) is 0 Å². The second kappa shape index (κ2) is 8.34. The van der Waals surface area contributed by atoms with Crippen LogP contribution in [0.25, 0.3) is 11.5 Å². The molecule has 0 spiro atoms. The van der Waals surface area contributed by atoms with E-state index in [0.29, 0.717) is 22.6 Å². The fraction of sp³-hybridized carbons (Fsp3) is 0.200. The molecule has 1 heterocycles. The van der Waals surface area contributed by atoms with E-state index < -0.39 is 10.9 Å². The summed E-state index contributed by atoms with van der Waals surface area (Å²) in [6, 6.07) is 12.7. The number of nitro benzene ring substituents is 1. The highest BCUT2D eigenvalue weighted by Crippen LogP contribution is 2.24. The van der Waals surface area contributed by atoms with Crippen LogP contribution in [0.4, 0.5) is 5.69 Å². The van der Waals surface area contributed by atoms with Crippen molar-refractivity contribution in [2.24, 2.45) is 0 Å². The average Bonchev–Trinajstić information content (AvgIpc) is 3.15. The lowest BCUT2D eigenvalue weighted by atomic mass is 10.2. The molecule has 0 bridgehead atoms. The minimum Gasteiger partial charge on any atom is -0.490 e. The lowest BCUT2D eigenvalue weighted by Crippen LogP contribution is -2.11. The summed E-state index contributed by atoms with van der Waals surface area (Å²) >= 11 is 0. The van der Waals surface area contributed by atoms with Gasteiger partial charge < -0.3 is 13.9 Å². The molecular weight excluding hydrogens is 364 g/mol. The van der Waals surface area contributed by atoms with E-state index in [2.05, 4.69) is 4.98 Å². The molecule has 0 radical (unpaired) electrons. The Morgan fingerprint density at radius 2 is 1.89 bits per heavy atom. The molecule has 144 valence electrons. The van der Waals surface area contributed by atoms with Crippen LogP contribution in [0.3, 0.4) is 0 Å². The Morgan fingerprint density at radius 1 is 1.18 bits per heavy atom. The van der Waals surface area contributed by atoms with Crippen LogP contribution in [0, 0.1) is 10.1 Å². The van der Waals surface area contributed by atoms with Crippen LogP contribution in [0.15, 0.2) is 59.1 Å². The zero-order valence-corrected chi connectivity index (χ0v) is 15.3. The summed E-state index contributed by atoms with van der Waals surface area (Å²) in [5.74, 6) is 0.546. The quantitative estimate of drug-likeness (QED) is 0.339. The van der Waals surface area contributed by atoms with Crippen molar-refractivity contribution in [3.63, 3.8) is 0 Å². The van der Waals surface area contributed by atoms with Gasteiger partial charge in [0.25, 0.3) is 5.69 Å². The van der Waals surface area contributed by atoms with Crippen molar-refractivity contribution in [3.8, 4) is 17.2 Å². The van der Waals surface area contributed by atoms with Gasteiger partial charge in [0.1, 0.15) is 11.3 Å². The monoisotopic (exact) mass is 382 g/mol. The van der Waals surface area contributed by atoms with Crippen LogP contribution in [0.1, 0.15) is 30.0 Å². The summed E-state index contributed by atoms with van der Waals surface area (Å²) in [5.41, 5.74) is 0.886. The molecular formula is C20H18N2O6. The van der Waals surface area contributed by atoms with E-state index in [-0.39, 0.29) is 24.3 Å². The SMILES string of the molecule is CC(C)Oc1ccccc1C(=O)OCc1cnc(-c2ccc([N+](=O)[O-])cc2)o1. The van der Waals surface area contributed by atoms with Crippen molar-refractivity contribution in [2.75, 3.05) is 0 Å². The molecule has 0 aliphatic heterocycles. The topological polar surface area (TPSA) is 105 Å². The summed E-state index contributed by atoms with van der Waals surface area (Å²) in [7, 11) is 0. The minimum atomic E-state index is -0.537. The number of nitrogens with zero attached hydrogens (tertiary/aromatic N) is 2. The Balaban J connectivity index is 1.66. The van der Waals surface area contributed by atoms with E-state index in [0.717, 1.165) is 0 Å². The number of hydrogen-bond acceptors (Lipinski definition) is 7. The predicted molar refractivity (Wildman–Crippen MR) is 99.9 cm³/mol. The number of hydrogen-bond donors (Lipinski definition) is 0. The highest BCUT2D eigenvalue weighted by molar-refractivity contribution is 5.92. The number of non-ortho nitro benzene ring substituents is 1. The summed E-state index contributed by atoms with van der Waals surface area (Å²) in [6.45, 7) is 3.64. The number of aromatic nitrogens is 1. The molecule has 8 nitrogen and oxygen atoms in total. The molecule has 0 N–H and O–H groups in total. The van der Waals surface area contributed by atoms with Gasteiger partial charge in [-0.3, -0.25) is 10.1 Å². The van der Waals surface area contributed by atoms with Crippen molar-refractivity contribution in [1.29, 1.82) is 0 Å². The summed E-state index contributed by atoms with van der Waals surface area (Å²) in [4.78, 5) is 26.7. The standard InChI is InChI=1S/C20H18N2O6/c1-13(2)27-18-6-4-3-5-17(18)20(23)26-12-16-11-21-19(28-16)14-7-9-15(10-8-14)22(24)25/h3-11,13H,12H2,1-2H3. The Morgan fingerprint density at radius 3 is 2.57 bits per heavy atom. The number of benzene rings is 2. The maximum atomic E-state index is 12.4. The summed E-state index contributed by atoms with van der Waals surface area (Å²) in [5, 5.41) is 10.7. The number of ether oxygens (including phenoxy) is 2. The van der Waals surface area contributed by atoms with Crippen LogP contribution >= 0.6 is 0 Å². The molecule has 0 aliphatic rings. The summed E-state index contributed by atoms with van der Waals surface area (Å²) in [6.07, 6.45) is 1.37. The third-order valence-electron chi connectivity index (χ3n) is 3.69. The largest absolute Gasteiger partial charge is 0.490 e. The van der Waals surface area contributed by atoms with E-state index in [9.17, 15) is 14.9 Å². The van der Waals surface area contributed by atoms with E-state index in [1.54, 1.807) is 36.4 Å². The third kappa shape index (κ3) is 4.53. The van der Waals surface area contributed by atoms with Crippen molar-refractivity contribution in [3.05, 3.63) is 76.2 Å². The van der Waals surface area contributed by atoms with Gasteiger partial charge in [-0.05, 0) is 38.1 Å². The van der Waals surface area contributed by atoms with Crippen molar-refractivity contribution >= 4 is 11.7 Å². The molecule has 28 heavy (non-hydrogen) atoms. The summed E-state index contributed by atoms with van der Waals surface area (Å²) < 4.78 is 16.5. The molecule has 8 heteroatoms. The molecule has 0 saturated heterocycles. The molecule has 0 aliphatic carbocycles. The molecule has 2 aromatic carbocycles. The van der Waals surface area contributed by atoms with Gasteiger partial charge in [-0.1, -0.05) is 12.1 Å². The maximum absolute atomic E-state index is 12.4. The number of esters is 1. The first-order valence-corrected chi connectivity index (χ1v) is 8.56. The van der Waals surface area contributed by atoms with Crippen molar-refractivity contribution in [1.82, 2.24) is 4.98 Å². The molecule has 0 amide bonds. The first-order valence-electron chi connectivity index (χ1n) is 8.56. The number of nitro groups is 1. The number of carbonyl (C=O) groups excluding carboxylic acids is 1. The van der Waals surface area contributed by atoms with E-state index in [4.69, 9.17) is 13.9 Å². The molecule has 0 saturated carbocycles. The fourth-order valence-corrected chi connectivity index (χ4v) is 2.44. The van der Waals surface area contributed by atoms with Gasteiger partial charge >= 0.3 is 5.97 Å². The molecule has 1 aromatic heterocycles. The number of carbonyl (C=O) groups is 1. The molecule has 0 unspecified atom stereocenters. The smallest absolute Gasteiger partial charge is 0.342 e. The van der Waals surface area contributed by atoms with Crippen LogP contribution in [-0.4, -0.2) is 22.0 Å². The van der Waals surface area contributed by atoms with Gasteiger partial charge in [0.05, 0.1) is 17.2 Å². The lowest BCUT2D eigenvalue weighted by molar-refractivity contribution is -0.384. The van der Waals surface area contributed by atoms with E-state index >= 15 is 0 Å². The third-order valence-corrected chi connectivity index (χ3v) is 3.69. The molecule has 3 rings (SSSR count). The zero-order valence-electron chi connectivity index (χ0n) is 15.3. The van der Waals surface area contributed by atoms with Crippen LogP contribution in [0.2, 0.25) is 0 Å². The first kappa shape index (κ1) is 19.1. The number of rotatable bonds is 7. The Hall–Kier alpha value is -3.68. The first-order chi connectivity index (χ1) is 13.4. The van der Waals surface area contributed by atoms with E-state index in [1.807, 2.05) is 13.8 Å². The number of oxazole rings is 1. The normalized spacial score (nSPS) is 10.7. The minimum absolute atomic E-state index is 0.0215. The highest BCUT2D eigenvalue weighted by Gasteiger charge is 2.16. The van der Waals surface area contributed by atoms with Crippen LogP contribution in [-0.2, 0) is 11.3 Å². The van der Waals surface area contributed by atoms with Crippen molar-refractivity contribution in [2.45, 2.75) is 26.6 Å². The van der Waals surface area contributed by atoms with Crippen molar-refractivity contribution < 1.29 is 23.6 Å². The van der Waals surface area contributed by atoms with Gasteiger partial charge in [0.15, 0.2) is 12.4 Å². The van der Waals surface area contributed by atoms with Gasteiger partial charge in [0.2, 0.25) is 5.89 Å². The molecule has 3 aromatic rings. The Labute approximate surface area is 160 Å². The second-order valence-corrected chi connectivity index (χ2v) is 6.17. The van der Waals surface area contributed by atoms with E-state index in [1.165, 1.54) is 18.3 Å². The maximum Gasteiger partial charge on any atom is 0.342 e. The number of para-hydroxylation sites is 1. The average molecular weight is 382 g/mol. The highest BCUT2D eigenvalue weighted by atomic mass is 16.6. The van der Waals surface area contributed by atoms with Gasteiger partial charge in [0, 0.05) is 17.7 Å². The van der Waals surface area contributed by atoms with Gasteiger partial charge in [-0.2, -0.15) is 0 Å². The van der Waals surface area contributed by atoms with Gasteiger partial charge in [-0.25, -0.2) is 9.78 Å². The lowest BCUT2D eigenvalue weighted by Gasteiger charge is -2.13. The Kier molecular flexibility index (Phi) is 5.69. The van der Waals surface area contributed by atoms with Crippen LogP contribution < -0.4 is 4.74 Å². The molecule has 0 atom stereocenters. The zero-order chi connectivity index (χ0) is 20.1. The Bertz CT molecular complexity index is 978. The fourth-order valence-electron chi connectivity index (χ4n) is 2.44. The second-order valence-electron chi connectivity index (χ2n) is 6.17. The predicted octanol–water partition coefficient (Wildman–Crippen LogP) is 4.39. The molecule has 0 fully saturated rings. The van der Waals surface area contributed by atoms with Crippen LogP contribution in [0.5, 0.6) is 5.75 Å².